The molecule has 4 aromatic heterocycles. The first-order chi connectivity index (χ1) is 19.0. The Labute approximate surface area is 233 Å². The van der Waals surface area contributed by atoms with E-state index in [0.29, 0.717) is 30.5 Å². The van der Waals surface area contributed by atoms with Crippen molar-refractivity contribution in [2.24, 2.45) is 5.73 Å². The molecule has 12 heteroatoms. The number of aromatic nitrogens is 1. The summed E-state index contributed by atoms with van der Waals surface area (Å²) in [7, 11) is 0. The number of quaternary nitrogens is 1. The third kappa shape index (κ3) is 5.37. The van der Waals surface area contributed by atoms with Gasteiger partial charge in [0, 0.05) is 47.1 Å². The smallest absolute Gasteiger partial charge is 0.269 e. The maximum atomic E-state index is 12.8. The number of fused-ring (bicyclic) bond motifs is 1. The Balaban J connectivity index is 1.28. The first-order valence-corrected chi connectivity index (χ1v) is 14.8. The topological polar surface area (TPSA) is 150 Å². The molecule has 7 N–H and O–H groups in total. The molecule has 0 spiro atoms. The zero-order chi connectivity index (χ0) is 26.9. The Hall–Kier alpha value is -3.45. The normalized spacial score (nSPS) is 19.8. The molecular weight excluding hydrogens is 536 g/mol. The van der Waals surface area contributed by atoms with Crippen LogP contribution in [0, 0.1) is 0 Å². The van der Waals surface area contributed by atoms with Crippen LogP contribution in [0.4, 0.5) is 22.1 Å². The van der Waals surface area contributed by atoms with Crippen LogP contribution in [0.2, 0.25) is 0 Å². The molecule has 1 saturated carbocycles. The van der Waals surface area contributed by atoms with E-state index in [0.717, 1.165) is 57.4 Å². The first kappa shape index (κ1) is 25.8. The number of furan rings is 1. The minimum atomic E-state index is -0.603. The second-order valence-corrected chi connectivity index (χ2v) is 11.9. The average molecular weight is 568 g/mol. The number of morpholine rings is 1. The number of carbonyl (C=O) groups is 1. The van der Waals surface area contributed by atoms with Gasteiger partial charge in [-0.25, -0.2) is 4.98 Å². The number of primary amides is 1. The summed E-state index contributed by atoms with van der Waals surface area (Å²) >= 11 is 3.08. The van der Waals surface area contributed by atoms with Gasteiger partial charge in [-0.15, -0.1) is 22.7 Å². The van der Waals surface area contributed by atoms with Crippen LogP contribution in [-0.4, -0.2) is 49.3 Å². The van der Waals surface area contributed by atoms with Crippen LogP contribution in [0.5, 0.6) is 0 Å². The predicted molar refractivity (Wildman–Crippen MR) is 155 cm³/mol. The van der Waals surface area contributed by atoms with E-state index in [-0.39, 0.29) is 17.2 Å². The Bertz CT molecular complexity index is 1560. The summed E-state index contributed by atoms with van der Waals surface area (Å²) < 4.78 is 12.0. The Morgan fingerprint density at radius 1 is 1.15 bits per heavy atom. The van der Waals surface area contributed by atoms with Crippen LogP contribution in [0.1, 0.15) is 36.2 Å². The largest absolute Gasteiger partial charge is 0.459 e. The van der Waals surface area contributed by atoms with Crippen molar-refractivity contribution in [3.05, 3.63) is 52.0 Å². The zero-order valence-corrected chi connectivity index (χ0v) is 23.0. The Morgan fingerprint density at radius 2 is 1.97 bits per heavy atom. The second-order valence-electron chi connectivity index (χ2n) is 9.96. The van der Waals surface area contributed by atoms with Crippen molar-refractivity contribution in [2.75, 3.05) is 41.8 Å². The van der Waals surface area contributed by atoms with Crippen molar-refractivity contribution in [1.29, 1.82) is 0 Å². The van der Waals surface area contributed by atoms with Gasteiger partial charge in [-0.3, -0.25) is 9.59 Å². The number of nitrogens with zero attached hydrogens (tertiary/aromatic N) is 2. The molecule has 1 saturated heterocycles. The van der Waals surface area contributed by atoms with Gasteiger partial charge in [0.2, 0.25) is 5.43 Å². The number of nitrogens with two attached hydrogens (primary N) is 1. The summed E-state index contributed by atoms with van der Waals surface area (Å²) in [4.78, 5) is 32.4. The highest BCUT2D eigenvalue weighted by molar-refractivity contribution is 7.23. The number of nitrogens with one attached hydrogen (secondary N) is 2. The molecule has 2 atom stereocenters. The van der Waals surface area contributed by atoms with Gasteiger partial charge >= 0.3 is 0 Å². The Morgan fingerprint density at radius 3 is 2.77 bits per heavy atom. The summed E-state index contributed by atoms with van der Waals surface area (Å²) in [6.45, 7) is 2.79. The van der Waals surface area contributed by atoms with Crippen molar-refractivity contribution in [3.8, 4) is 10.4 Å². The number of ether oxygens (including phenoxy) is 1. The lowest BCUT2D eigenvalue weighted by atomic mass is 9.91. The van der Waals surface area contributed by atoms with Gasteiger partial charge in [0.25, 0.3) is 5.91 Å². The van der Waals surface area contributed by atoms with E-state index >= 15 is 0 Å². The van der Waals surface area contributed by atoms with E-state index in [2.05, 4.69) is 26.3 Å². The standard InChI is InChI=1S/C27H30N6O4S2/c28-18-3-1-2-4-19(18)31-15-9-20(24(27(29)35)30-12-15)32-16-10-22(38-14-16)17-13-37-25-21(34)11-23(39-26(17)25)33-5-7-36-8-6-33/h9-14,18-19,31-32H,1-8,28H2,(H2,29,35)/p+1/t18-,19+/m1/s1. The summed E-state index contributed by atoms with van der Waals surface area (Å²) in [6.07, 6.45) is 7.82. The molecule has 5 heterocycles. The second kappa shape index (κ2) is 11.0. The van der Waals surface area contributed by atoms with E-state index < -0.39 is 5.91 Å². The molecule has 204 valence electrons. The first-order valence-electron chi connectivity index (χ1n) is 13.1. The van der Waals surface area contributed by atoms with Gasteiger partial charge in [0.05, 0.1) is 46.5 Å². The van der Waals surface area contributed by atoms with E-state index in [1.165, 1.54) is 24.2 Å². The van der Waals surface area contributed by atoms with E-state index in [9.17, 15) is 9.59 Å². The fraction of sp³-hybridized carbons (Fsp3) is 0.370. The molecule has 0 radical (unpaired) electrons. The number of pyridine rings is 1. The third-order valence-corrected chi connectivity index (χ3v) is 9.44. The van der Waals surface area contributed by atoms with Crippen LogP contribution < -0.4 is 32.4 Å². The minimum absolute atomic E-state index is 0.129. The van der Waals surface area contributed by atoms with Gasteiger partial charge in [0.1, 0.15) is 12.3 Å². The van der Waals surface area contributed by atoms with Crippen LogP contribution >= 0.6 is 22.7 Å². The fourth-order valence-electron chi connectivity index (χ4n) is 5.19. The van der Waals surface area contributed by atoms with E-state index in [1.54, 1.807) is 29.9 Å². The Kier molecular flexibility index (Phi) is 7.26. The van der Waals surface area contributed by atoms with Crippen LogP contribution in [0.25, 0.3) is 20.7 Å². The molecule has 1 amide bonds. The van der Waals surface area contributed by atoms with E-state index in [4.69, 9.17) is 14.9 Å². The molecule has 39 heavy (non-hydrogen) atoms. The van der Waals surface area contributed by atoms with E-state index in [1.807, 2.05) is 17.5 Å². The highest BCUT2D eigenvalue weighted by atomic mass is 32.1. The molecule has 1 aliphatic heterocycles. The van der Waals surface area contributed by atoms with Crippen LogP contribution in [-0.2, 0) is 4.74 Å². The van der Waals surface area contributed by atoms with Gasteiger partial charge in [-0.1, -0.05) is 6.42 Å². The average Bonchev–Trinajstić information content (AvgIpc) is 3.58. The fourth-order valence-corrected chi connectivity index (χ4v) is 7.30. The molecule has 10 nitrogen and oxygen atoms in total. The summed E-state index contributed by atoms with van der Waals surface area (Å²) in [6, 6.07) is 6.10. The van der Waals surface area contributed by atoms with Crippen LogP contribution in [0.3, 0.4) is 0 Å². The molecule has 0 aromatic carbocycles. The number of hydrogen-bond donors (Lipinski definition) is 4. The van der Waals surface area contributed by atoms with Crippen molar-refractivity contribution < 1.29 is 19.7 Å². The number of hydrogen-bond acceptors (Lipinski definition) is 10. The van der Waals surface area contributed by atoms with Crippen molar-refractivity contribution in [3.63, 3.8) is 0 Å². The summed E-state index contributed by atoms with van der Waals surface area (Å²) in [5, 5.41) is 9.74. The number of thiophene rings is 1. The lowest BCUT2D eigenvalue weighted by Gasteiger charge is -2.27. The number of carbonyl (C=O) groups excluding carboxylic acids is 1. The van der Waals surface area contributed by atoms with Gasteiger partial charge in [-0.05, 0) is 25.0 Å². The maximum absolute atomic E-state index is 12.8. The number of anilines is 4. The zero-order valence-electron chi connectivity index (χ0n) is 21.4. The number of rotatable bonds is 7. The lowest BCUT2D eigenvalue weighted by molar-refractivity contribution is -0.427. The summed E-state index contributed by atoms with van der Waals surface area (Å²) in [5.74, 6) is -0.603. The quantitative estimate of drug-likeness (QED) is 0.264. The molecule has 4 aromatic rings. The highest BCUT2D eigenvalue weighted by Gasteiger charge is 2.25. The molecular formula is C27H31N6O4S2+. The maximum Gasteiger partial charge on any atom is 0.269 e. The lowest BCUT2D eigenvalue weighted by Crippen LogP contribution is -2.68. The third-order valence-electron chi connectivity index (χ3n) is 7.28. The van der Waals surface area contributed by atoms with Gasteiger partial charge < -0.3 is 36.2 Å². The molecule has 6 rings (SSSR count). The van der Waals surface area contributed by atoms with Crippen molar-refractivity contribution >= 4 is 60.9 Å². The SMILES string of the molecule is NC(=O)c1ncc(N[C@H]2CCCC[C@H]2[NH3+])cc1Nc1csc(-c2coc3c(=O)cc(N4CCOCC4)sc23)c1. The van der Waals surface area contributed by atoms with Crippen molar-refractivity contribution in [2.45, 2.75) is 37.8 Å². The molecule has 2 fully saturated rings. The van der Waals surface area contributed by atoms with Crippen molar-refractivity contribution in [1.82, 2.24) is 4.98 Å². The molecule has 0 bridgehead atoms. The van der Waals surface area contributed by atoms with Gasteiger partial charge in [0.15, 0.2) is 11.3 Å². The minimum Gasteiger partial charge on any atom is -0.459 e. The highest BCUT2D eigenvalue weighted by Crippen LogP contribution is 2.40. The molecule has 2 aliphatic rings. The monoisotopic (exact) mass is 567 g/mol. The van der Waals surface area contributed by atoms with Crippen LogP contribution in [0.15, 0.2) is 45.3 Å². The molecule has 0 unspecified atom stereocenters. The van der Waals surface area contributed by atoms with Gasteiger partial charge in [-0.2, -0.15) is 0 Å². The predicted octanol–water partition coefficient (Wildman–Crippen LogP) is 3.62. The molecule has 1 aliphatic carbocycles. The number of amides is 1. The summed E-state index contributed by atoms with van der Waals surface area (Å²) in [5.41, 5.74) is 13.3.